The number of hydrogen-bond donors (Lipinski definition) is 1. The van der Waals surface area contributed by atoms with Crippen LogP contribution in [0.15, 0.2) is 30.5 Å². The Morgan fingerprint density at radius 1 is 1.33 bits per heavy atom. The lowest BCUT2D eigenvalue weighted by molar-refractivity contribution is 0.0950. The van der Waals surface area contributed by atoms with Crippen LogP contribution >= 0.6 is 23.2 Å². The lowest BCUT2D eigenvalue weighted by atomic mass is 10.2. The highest BCUT2D eigenvalue weighted by molar-refractivity contribution is 6.33. The number of carbonyl (C=O) groups excluding carboxylic acids is 1. The molecule has 0 aliphatic heterocycles. The van der Waals surface area contributed by atoms with Gasteiger partial charge in [0.05, 0.1) is 34.0 Å². The van der Waals surface area contributed by atoms with Gasteiger partial charge in [0.2, 0.25) is 0 Å². The number of amides is 1. The minimum atomic E-state index is -0.238. The van der Waals surface area contributed by atoms with E-state index in [0.29, 0.717) is 22.2 Å². The molecular weight excluding hydrogens is 273 g/mol. The zero-order valence-electron chi connectivity index (χ0n) is 9.65. The molecule has 1 aromatic carbocycles. The first kappa shape index (κ1) is 12.9. The minimum Gasteiger partial charge on any atom is -0.346 e. The number of carbonyl (C=O) groups is 1. The summed E-state index contributed by atoms with van der Waals surface area (Å²) < 4.78 is 1.62. The maximum Gasteiger partial charge on any atom is 0.253 e. The summed E-state index contributed by atoms with van der Waals surface area (Å²) in [6.45, 7) is 0.305. The first-order valence-electron chi connectivity index (χ1n) is 5.28. The molecular formula is C12H11Cl2N3O. The zero-order valence-corrected chi connectivity index (χ0v) is 11.2. The van der Waals surface area contributed by atoms with Crippen LogP contribution in [0.25, 0.3) is 0 Å². The van der Waals surface area contributed by atoms with E-state index in [1.165, 1.54) is 0 Å². The van der Waals surface area contributed by atoms with Crippen molar-refractivity contribution in [2.75, 3.05) is 0 Å². The van der Waals surface area contributed by atoms with Crippen LogP contribution in [0.1, 0.15) is 16.1 Å². The Bertz CT molecular complexity index is 561. The third-order valence-corrected chi connectivity index (χ3v) is 3.19. The van der Waals surface area contributed by atoms with Gasteiger partial charge in [0, 0.05) is 7.05 Å². The van der Waals surface area contributed by atoms with Gasteiger partial charge in [-0.25, -0.2) is 0 Å². The standard InChI is InChI=1S/C12H11Cl2N3O/c1-17-11(10(14)6-16-17)7-15-12(18)8-4-2-3-5-9(8)13/h2-6H,7H2,1H3,(H,15,18). The summed E-state index contributed by atoms with van der Waals surface area (Å²) in [6, 6.07) is 6.88. The number of benzene rings is 1. The predicted molar refractivity (Wildman–Crippen MR) is 70.8 cm³/mol. The van der Waals surface area contributed by atoms with Crippen LogP contribution in [0, 0.1) is 0 Å². The zero-order chi connectivity index (χ0) is 13.1. The van der Waals surface area contributed by atoms with E-state index >= 15 is 0 Å². The minimum absolute atomic E-state index is 0.238. The summed E-state index contributed by atoms with van der Waals surface area (Å²) in [4.78, 5) is 11.9. The molecule has 6 heteroatoms. The van der Waals surface area contributed by atoms with Crippen molar-refractivity contribution in [2.24, 2.45) is 7.05 Å². The van der Waals surface area contributed by atoms with Crippen molar-refractivity contribution in [2.45, 2.75) is 6.54 Å². The molecule has 0 bridgehead atoms. The van der Waals surface area contributed by atoms with Crippen LogP contribution in [-0.4, -0.2) is 15.7 Å². The summed E-state index contributed by atoms with van der Waals surface area (Å²) in [6.07, 6.45) is 1.54. The summed E-state index contributed by atoms with van der Waals surface area (Å²) >= 11 is 11.9. The molecule has 2 aromatic rings. The van der Waals surface area contributed by atoms with Gasteiger partial charge in [0.25, 0.3) is 5.91 Å². The van der Waals surface area contributed by atoms with Gasteiger partial charge >= 0.3 is 0 Å². The molecule has 1 heterocycles. The number of nitrogens with zero attached hydrogens (tertiary/aromatic N) is 2. The van der Waals surface area contributed by atoms with E-state index in [1.54, 1.807) is 42.2 Å². The fourth-order valence-corrected chi connectivity index (χ4v) is 1.99. The van der Waals surface area contributed by atoms with E-state index in [2.05, 4.69) is 10.4 Å². The van der Waals surface area contributed by atoms with Crippen LogP contribution in [0.2, 0.25) is 10.0 Å². The Kier molecular flexibility index (Phi) is 3.89. The molecule has 4 nitrogen and oxygen atoms in total. The van der Waals surface area contributed by atoms with Crippen molar-refractivity contribution in [3.05, 3.63) is 51.8 Å². The van der Waals surface area contributed by atoms with Gasteiger partial charge in [-0.15, -0.1) is 0 Å². The largest absolute Gasteiger partial charge is 0.346 e. The molecule has 0 spiro atoms. The Morgan fingerprint density at radius 2 is 2.06 bits per heavy atom. The van der Waals surface area contributed by atoms with Gasteiger partial charge < -0.3 is 5.32 Å². The van der Waals surface area contributed by atoms with Gasteiger partial charge in [-0.2, -0.15) is 5.10 Å². The van der Waals surface area contributed by atoms with Crippen molar-refractivity contribution in [3.8, 4) is 0 Å². The van der Waals surface area contributed by atoms with Crippen molar-refractivity contribution < 1.29 is 4.79 Å². The van der Waals surface area contributed by atoms with Crippen LogP contribution in [0.3, 0.4) is 0 Å². The van der Waals surface area contributed by atoms with Crippen molar-refractivity contribution in [1.82, 2.24) is 15.1 Å². The molecule has 0 unspecified atom stereocenters. The van der Waals surface area contributed by atoms with Crippen LogP contribution in [0.5, 0.6) is 0 Å². The van der Waals surface area contributed by atoms with E-state index in [0.717, 1.165) is 5.69 Å². The van der Waals surface area contributed by atoms with Crippen molar-refractivity contribution in [1.29, 1.82) is 0 Å². The highest BCUT2D eigenvalue weighted by Crippen LogP contribution is 2.16. The molecule has 2 rings (SSSR count). The van der Waals surface area contributed by atoms with Gasteiger partial charge in [0.1, 0.15) is 0 Å². The normalized spacial score (nSPS) is 10.4. The molecule has 0 atom stereocenters. The number of nitrogens with one attached hydrogen (secondary N) is 1. The quantitative estimate of drug-likeness (QED) is 0.941. The monoisotopic (exact) mass is 283 g/mol. The van der Waals surface area contributed by atoms with Crippen LogP contribution < -0.4 is 5.32 Å². The molecule has 0 fully saturated rings. The molecule has 1 N–H and O–H groups in total. The lowest BCUT2D eigenvalue weighted by Crippen LogP contribution is -2.24. The summed E-state index contributed by atoms with van der Waals surface area (Å²) in [5.74, 6) is -0.238. The van der Waals surface area contributed by atoms with Gasteiger partial charge in [0.15, 0.2) is 0 Å². The third kappa shape index (κ3) is 2.66. The molecule has 18 heavy (non-hydrogen) atoms. The Labute approximate surface area is 115 Å². The molecule has 0 saturated heterocycles. The molecule has 1 amide bonds. The highest BCUT2D eigenvalue weighted by atomic mass is 35.5. The summed E-state index contributed by atoms with van der Waals surface area (Å²) in [5, 5.41) is 7.69. The first-order chi connectivity index (χ1) is 8.59. The topological polar surface area (TPSA) is 46.9 Å². The molecule has 0 saturated carbocycles. The average molecular weight is 284 g/mol. The predicted octanol–water partition coefficient (Wildman–Crippen LogP) is 2.66. The summed E-state index contributed by atoms with van der Waals surface area (Å²) in [7, 11) is 1.77. The van der Waals surface area contributed by atoms with E-state index in [1.807, 2.05) is 0 Å². The number of aromatic nitrogens is 2. The fraction of sp³-hybridized carbons (Fsp3) is 0.167. The van der Waals surface area contributed by atoms with E-state index in [9.17, 15) is 4.79 Å². The molecule has 0 radical (unpaired) electrons. The van der Waals surface area contributed by atoms with E-state index in [4.69, 9.17) is 23.2 Å². The van der Waals surface area contributed by atoms with Gasteiger partial charge in [-0.05, 0) is 12.1 Å². The first-order valence-corrected chi connectivity index (χ1v) is 6.04. The van der Waals surface area contributed by atoms with Crippen molar-refractivity contribution in [3.63, 3.8) is 0 Å². The second-order valence-electron chi connectivity index (χ2n) is 3.73. The third-order valence-electron chi connectivity index (χ3n) is 2.55. The second kappa shape index (κ2) is 5.42. The number of rotatable bonds is 3. The fourth-order valence-electron chi connectivity index (χ4n) is 1.54. The Hall–Kier alpha value is -1.52. The maximum absolute atomic E-state index is 11.9. The van der Waals surface area contributed by atoms with E-state index in [-0.39, 0.29) is 5.91 Å². The number of halogens is 2. The van der Waals surface area contributed by atoms with E-state index < -0.39 is 0 Å². The number of hydrogen-bond acceptors (Lipinski definition) is 2. The second-order valence-corrected chi connectivity index (χ2v) is 4.54. The SMILES string of the molecule is Cn1ncc(Cl)c1CNC(=O)c1ccccc1Cl. The van der Waals surface area contributed by atoms with Crippen molar-refractivity contribution >= 4 is 29.1 Å². The Morgan fingerprint density at radius 3 is 2.67 bits per heavy atom. The maximum atomic E-state index is 11.9. The average Bonchev–Trinajstić information content (AvgIpc) is 2.67. The van der Waals surface area contributed by atoms with Gasteiger partial charge in [-0.3, -0.25) is 9.48 Å². The Balaban J connectivity index is 2.08. The van der Waals surface area contributed by atoms with Crippen LogP contribution in [-0.2, 0) is 13.6 Å². The smallest absolute Gasteiger partial charge is 0.253 e. The van der Waals surface area contributed by atoms with Crippen LogP contribution in [0.4, 0.5) is 0 Å². The molecule has 1 aromatic heterocycles. The molecule has 0 aliphatic carbocycles. The lowest BCUT2D eigenvalue weighted by Gasteiger charge is -2.07. The highest BCUT2D eigenvalue weighted by Gasteiger charge is 2.11. The van der Waals surface area contributed by atoms with Gasteiger partial charge in [-0.1, -0.05) is 35.3 Å². The molecule has 0 aliphatic rings. The molecule has 94 valence electrons. The summed E-state index contributed by atoms with van der Waals surface area (Å²) in [5.41, 5.74) is 1.19. The number of aryl methyl sites for hydroxylation is 1.